The van der Waals surface area contributed by atoms with Crippen molar-refractivity contribution < 1.29 is 9.53 Å². The Morgan fingerprint density at radius 2 is 1.64 bits per heavy atom. The zero-order chi connectivity index (χ0) is 17.5. The van der Waals surface area contributed by atoms with Gasteiger partial charge >= 0.3 is 5.97 Å². The number of hydrogen-bond donors (Lipinski definition) is 1. The molecule has 4 rings (SSSR count). The standard InChI is InChI=1S/C22H31NO2/c1-16-12-19-13-17(2)15-21(19,14-16)20(24)25-22(8-10-23-11-9-22)18-6-4-3-5-7-18/h3-7,16-17,19,23H,8-15H2,1-2H3. The number of carbonyl (C=O) groups is 1. The van der Waals surface area contributed by atoms with Crippen molar-refractivity contribution in [2.24, 2.45) is 23.2 Å². The maximum atomic E-state index is 13.5. The minimum atomic E-state index is -0.444. The minimum Gasteiger partial charge on any atom is -0.454 e. The molecule has 136 valence electrons. The summed E-state index contributed by atoms with van der Waals surface area (Å²) in [6.07, 6.45) is 6.16. The minimum absolute atomic E-state index is 0.0944. The molecule has 3 nitrogen and oxygen atoms in total. The molecule has 1 aliphatic heterocycles. The van der Waals surface area contributed by atoms with Gasteiger partial charge in [-0.15, -0.1) is 0 Å². The smallest absolute Gasteiger partial charge is 0.313 e. The Kier molecular flexibility index (Phi) is 4.39. The number of benzene rings is 1. The molecule has 0 spiro atoms. The fraction of sp³-hybridized carbons (Fsp3) is 0.682. The maximum Gasteiger partial charge on any atom is 0.313 e. The monoisotopic (exact) mass is 341 g/mol. The molecule has 2 unspecified atom stereocenters. The van der Waals surface area contributed by atoms with Crippen molar-refractivity contribution in [1.29, 1.82) is 0 Å². The van der Waals surface area contributed by atoms with E-state index in [0.29, 0.717) is 17.8 Å². The molecule has 2 atom stereocenters. The van der Waals surface area contributed by atoms with Crippen LogP contribution in [0.3, 0.4) is 0 Å². The van der Waals surface area contributed by atoms with Gasteiger partial charge in [-0.1, -0.05) is 44.2 Å². The second-order valence-corrected chi connectivity index (χ2v) is 8.94. The predicted molar refractivity (Wildman–Crippen MR) is 99.0 cm³/mol. The van der Waals surface area contributed by atoms with Gasteiger partial charge in [0.05, 0.1) is 5.41 Å². The topological polar surface area (TPSA) is 38.3 Å². The second-order valence-electron chi connectivity index (χ2n) is 8.94. The van der Waals surface area contributed by atoms with Crippen LogP contribution in [0.25, 0.3) is 0 Å². The zero-order valence-corrected chi connectivity index (χ0v) is 15.6. The average Bonchev–Trinajstić information content (AvgIpc) is 3.08. The fourth-order valence-electron chi connectivity index (χ4n) is 5.98. The number of piperidine rings is 1. The van der Waals surface area contributed by atoms with E-state index in [1.165, 1.54) is 12.8 Å². The van der Waals surface area contributed by atoms with Gasteiger partial charge in [0, 0.05) is 12.8 Å². The molecule has 0 amide bonds. The van der Waals surface area contributed by atoms with E-state index in [-0.39, 0.29) is 11.4 Å². The number of ether oxygens (including phenoxy) is 1. The lowest BCUT2D eigenvalue weighted by molar-refractivity contribution is -0.179. The van der Waals surface area contributed by atoms with Gasteiger partial charge in [-0.2, -0.15) is 0 Å². The van der Waals surface area contributed by atoms with Gasteiger partial charge in [-0.3, -0.25) is 4.79 Å². The number of fused-ring (bicyclic) bond motifs is 1. The Labute approximate surface area is 151 Å². The van der Waals surface area contributed by atoms with Gasteiger partial charge in [0.15, 0.2) is 0 Å². The second kappa shape index (κ2) is 6.42. The lowest BCUT2D eigenvalue weighted by atomic mass is 9.78. The van der Waals surface area contributed by atoms with Crippen molar-refractivity contribution in [3.63, 3.8) is 0 Å². The van der Waals surface area contributed by atoms with E-state index in [9.17, 15) is 4.79 Å². The van der Waals surface area contributed by atoms with Gasteiger partial charge in [-0.25, -0.2) is 0 Å². The third-order valence-electron chi connectivity index (χ3n) is 6.99. The van der Waals surface area contributed by atoms with Crippen molar-refractivity contribution >= 4 is 5.97 Å². The molecule has 25 heavy (non-hydrogen) atoms. The first-order chi connectivity index (χ1) is 12.0. The molecule has 0 radical (unpaired) electrons. The normalized spacial score (nSPS) is 36.8. The molecular weight excluding hydrogens is 310 g/mol. The lowest BCUT2D eigenvalue weighted by Gasteiger charge is -2.40. The van der Waals surface area contributed by atoms with E-state index >= 15 is 0 Å². The van der Waals surface area contributed by atoms with Gasteiger partial charge in [0.1, 0.15) is 5.60 Å². The van der Waals surface area contributed by atoms with Crippen molar-refractivity contribution in [2.45, 2.75) is 58.0 Å². The van der Waals surface area contributed by atoms with Crippen molar-refractivity contribution in [1.82, 2.24) is 5.32 Å². The van der Waals surface area contributed by atoms with Gasteiger partial charge in [-0.05, 0) is 62.1 Å². The molecule has 1 N–H and O–H groups in total. The van der Waals surface area contributed by atoms with Crippen molar-refractivity contribution in [3.05, 3.63) is 35.9 Å². The molecule has 1 aromatic rings. The maximum absolute atomic E-state index is 13.5. The predicted octanol–water partition coefficient (Wildman–Crippen LogP) is 4.27. The highest BCUT2D eigenvalue weighted by Crippen LogP contribution is 2.59. The Morgan fingerprint density at radius 1 is 1.04 bits per heavy atom. The number of carbonyl (C=O) groups excluding carboxylic acids is 1. The molecule has 2 aliphatic carbocycles. The first-order valence-corrected chi connectivity index (χ1v) is 10.0. The fourth-order valence-corrected chi connectivity index (χ4v) is 5.98. The van der Waals surface area contributed by atoms with E-state index in [2.05, 4.69) is 43.4 Å². The average molecular weight is 341 g/mol. The molecule has 2 saturated carbocycles. The third kappa shape index (κ3) is 2.91. The van der Waals surface area contributed by atoms with Crippen LogP contribution in [0.15, 0.2) is 30.3 Å². The van der Waals surface area contributed by atoms with Crippen LogP contribution >= 0.6 is 0 Å². The highest BCUT2D eigenvalue weighted by molar-refractivity contribution is 5.79. The van der Waals surface area contributed by atoms with Gasteiger partial charge < -0.3 is 10.1 Å². The van der Waals surface area contributed by atoms with E-state index < -0.39 is 5.60 Å². The Bertz CT molecular complexity index is 606. The van der Waals surface area contributed by atoms with Crippen LogP contribution in [0.2, 0.25) is 0 Å². The summed E-state index contributed by atoms with van der Waals surface area (Å²) < 4.78 is 6.47. The van der Waals surface area contributed by atoms with Crippen LogP contribution in [-0.4, -0.2) is 19.1 Å². The lowest BCUT2D eigenvalue weighted by Crippen LogP contribution is -2.46. The molecule has 0 bridgehead atoms. The number of esters is 1. The van der Waals surface area contributed by atoms with Crippen molar-refractivity contribution in [3.8, 4) is 0 Å². The highest BCUT2D eigenvalue weighted by atomic mass is 16.6. The van der Waals surface area contributed by atoms with Crippen LogP contribution in [0.4, 0.5) is 0 Å². The highest BCUT2D eigenvalue weighted by Gasteiger charge is 2.58. The van der Waals surface area contributed by atoms with E-state index in [1.54, 1.807) is 0 Å². The van der Waals surface area contributed by atoms with E-state index in [4.69, 9.17) is 4.74 Å². The molecule has 3 heteroatoms. The third-order valence-corrected chi connectivity index (χ3v) is 6.99. The quantitative estimate of drug-likeness (QED) is 0.834. The summed E-state index contributed by atoms with van der Waals surface area (Å²) in [6, 6.07) is 10.4. The van der Waals surface area contributed by atoms with E-state index in [0.717, 1.165) is 44.3 Å². The van der Waals surface area contributed by atoms with Crippen LogP contribution in [0.5, 0.6) is 0 Å². The summed E-state index contributed by atoms with van der Waals surface area (Å²) in [5.41, 5.74) is 0.501. The van der Waals surface area contributed by atoms with Gasteiger partial charge in [0.25, 0.3) is 0 Å². The molecule has 3 aliphatic rings. The Hall–Kier alpha value is -1.35. The SMILES string of the molecule is CC1CC2CC(C)CC2(C(=O)OC2(c3ccccc3)CCNCC2)C1. The molecule has 0 aromatic heterocycles. The summed E-state index contributed by atoms with van der Waals surface area (Å²) in [6.45, 7) is 6.42. The first-order valence-electron chi connectivity index (χ1n) is 10.0. The molecule has 1 heterocycles. The number of nitrogens with one attached hydrogen (secondary N) is 1. The van der Waals surface area contributed by atoms with Gasteiger partial charge in [0.2, 0.25) is 0 Å². The summed E-state index contributed by atoms with van der Waals surface area (Å²) in [4.78, 5) is 13.5. The summed E-state index contributed by atoms with van der Waals surface area (Å²) >= 11 is 0. The summed E-state index contributed by atoms with van der Waals surface area (Å²) in [5.74, 6) is 1.91. The molecule has 1 saturated heterocycles. The molecular formula is C22H31NO2. The van der Waals surface area contributed by atoms with Crippen LogP contribution < -0.4 is 5.32 Å². The number of rotatable bonds is 3. The first kappa shape index (κ1) is 17.1. The van der Waals surface area contributed by atoms with Crippen molar-refractivity contribution in [2.75, 3.05) is 13.1 Å². The van der Waals surface area contributed by atoms with E-state index in [1.807, 2.05) is 6.07 Å². The Morgan fingerprint density at radius 3 is 2.24 bits per heavy atom. The number of hydrogen-bond acceptors (Lipinski definition) is 3. The van der Waals surface area contributed by atoms with Crippen LogP contribution in [-0.2, 0) is 15.1 Å². The molecule has 3 fully saturated rings. The van der Waals surface area contributed by atoms with Crippen LogP contribution in [0, 0.1) is 23.2 Å². The molecule has 1 aromatic carbocycles. The zero-order valence-electron chi connectivity index (χ0n) is 15.6. The summed E-state index contributed by atoms with van der Waals surface area (Å²) in [7, 11) is 0. The van der Waals surface area contributed by atoms with Crippen LogP contribution in [0.1, 0.15) is 57.9 Å². The largest absolute Gasteiger partial charge is 0.454 e. The Balaban J connectivity index is 1.63. The summed E-state index contributed by atoms with van der Waals surface area (Å²) in [5, 5.41) is 3.42.